The van der Waals surface area contributed by atoms with E-state index in [1.54, 1.807) is 33.0 Å². The Labute approximate surface area is 156 Å². The van der Waals surface area contributed by atoms with Crippen LogP contribution < -0.4 is 0 Å². The number of benzene rings is 2. The Morgan fingerprint density at radius 3 is 1.76 bits per heavy atom. The number of aryl methyl sites for hydroxylation is 3. The Hall–Kier alpha value is -1.30. The number of unbranched alkanes of at least 4 members (excludes halogenated alkanes) is 2. The molecule has 0 unspecified atom stereocenters. The maximum Gasteiger partial charge on any atom is -0.0117 e. The van der Waals surface area contributed by atoms with E-state index in [-0.39, 0.29) is 0 Å². The molecule has 0 aromatic heterocycles. The van der Waals surface area contributed by atoms with Crippen LogP contribution in [0.1, 0.15) is 94.0 Å². The van der Waals surface area contributed by atoms with Gasteiger partial charge in [-0.2, -0.15) is 0 Å². The second-order valence-electron chi connectivity index (χ2n) is 7.62. The van der Waals surface area contributed by atoms with Crippen LogP contribution in [0.3, 0.4) is 0 Å². The number of hydrogen-bond donors (Lipinski definition) is 0. The second kappa shape index (κ2) is 10.00. The van der Waals surface area contributed by atoms with Gasteiger partial charge in [-0.3, -0.25) is 0 Å². The van der Waals surface area contributed by atoms with Crippen LogP contribution >= 0.6 is 0 Å². The molecule has 0 spiro atoms. The van der Waals surface area contributed by atoms with E-state index in [4.69, 9.17) is 0 Å². The largest absolute Gasteiger partial charge is 0.0654 e. The Morgan fingerprint density at radius 1 is 0.600 bits per heavy atom. The quantitative estimate of drug-likeness (QED) is 0.415. The van der Waals surface area contributed by atoms with Crippen molar-refractivity contribution in [3.05, 3.63) is 46.0 Å². The van der Waals surface area contributed by atoms with E-state index in [9.17, 15) is 0 Å². The molecule has 2 aromatic rings. The molecular weight excluding hydrogens is 300 g/mol. The van der Waals surface area contributed by atoms with Gasteiger partial charge in [0.1, 0.15) is 0 Å². The molecule has 25 heavy (non-hydrogen) atoms. The van der Waals surface area contributed by atoms with Crippen LogP contribution in [0.2, 0.25) is 0 Å². The summed E-state index contributed by atoms with van der Waals surface area (Å²) in [6.45, 7) is 11.6. The maximum atomic E-state index is 2.40. The SMILES string of the molecule is CCCCc1c(CCC)c(CCC)c2c(C)cccc2c1CCCC. The number of fused-ring (bicyclic) bond motifs is 1. The molecular formula is C25H38. The summed E-state index contributed by atoms with van der Waals surface area (Å²) in [5.74, 6) is 0. The van der Waals surface area contributed by atoms with E-state index in [0.29, 0.717) is 0 Å². The maximum absolute atomic E-state index is 2.40. The van der Waals surface area contributed by atoms with Gasteiger partial charge >= 0.3 is 0 Å². The Balaban J connectivity index is 2.82. The zero-order chi connectivity index (χ0) is 18.2. The molecule has 0 N–H and O–H groups in total. The standard InChI is InChI=1S/C25H38/c1-6-10-16-21-20(13-8-3)23(14-9-4)25-19(5)15-12-18-24(25)22(21)17-11-7-2/h12,15,18H,6-11,13-14,16-17H2,1-5H3. The van der Waals surface area contributed by atoms with Crippen molar-refractivity contribution in [2.45, 2.75) is 98.8 Å². The summed E-state index contributed by atoms with van der Waals surface area (Å²) in [4.78, 5) is 0. The van der Waals surface area contributed by atoms with Crippen molar-refractivity contribution >= 4 is 10.8 Å². The molecule has 0 aliphatic carbocycles. The zero-order valence-electron chi connectivity index (χ0n) is 17.3. The molecule has 0 atom stereocenters. The first kappa shape index (κ1) is 20.0. The van der Waals surface area contributed by atoms with Gasteiger partial charge in [-0.15, -0.1) is 0 Å². The molecule has 0 aliphatic rings. The van der Waals surface area contributed by atoms with E-state index in [0.717, 1.165) is 0 Å². The van der Waals surface area contributed by atoms with E-state index >= 15 is 0 Å². The first-order chi connectivity index (χ1) is 12.2. The van der Waals surface area contributed by atoms with Crippen molar-refractivity contribution in [3.63, 3.8) is 0 Å². The fourth-order valence-electron chi connectivity index (χ4n) is 4.37. The van der Waals surface area contributed by atoms with Crippen LogP contribution in [0.4, 0.5) is 0 Å². The fourth-order valence-corrected chi connectivity index (χ4v) is 4.37. The molecule has 0 amide bonds. The molecule has 0 fully saturated rings. The Morgan fingerprint density at radius 2 is 1.16 bits per heavy atom. The van der Waals surface area contributed by atoms with Crippen LogP contribution in [-0.4, -0.2) is 0 Å². The molecule has 0 radical (unpaired) electrons. The molecule has 0 saturated carbocycles. The monoisotopic (exact) mass is 338 g/mol. The lowest BCUT2D eigenvalue weighted by molar-refractivity contribution is 0.745. The van der Waals surface area contributed by atoms with Crippen molar-refractivity contribution in [2.75, 3.05) is 0 Å². The second-order valence-corrected chi connectivity index (χ2v) is 7.62. The van der Waals surface area contributed by atoms with Gasteiger partial charge in [-0.1, -0.05) is 71.6 Å². The lowest BCUT2D eigenvalue weighted by atomic mass is 9.81. The van der Waals surface area contributed by atoms with Gasteiger partial charge in [-0.05, 0) is 84.0 Å². The average Bonchev–Trinajstić information content (AvgIpc) is 2.61. The summed E-state index contributed by atoms with van der Waals surface area (Å²) in [7, 11) is 0. The molecule has 0 aliphatic heterocycles. The smallest absolute Gasteiger partial charge is 0.0117 e. The highest BCUT2D eigenvalue weighted by Gasteiger charge is 2.18. The third-order valence-electron chi connectivity index (χ3n) is 5.55. The number of hydrogen-bond acceptors (Lipinski definition) is 0. The van der Waals surface area contributed by atoms with Gasteiger partial charge in [0.2, 0.25) is 0 Å². The summed E-state index contributed by atoms with van der Waals surface area (Å²) in [6.07, 6.45) is 12.7. The van der Waals surface area contributed by atoms with Gasteiger partial charge in [0.15, 0.2) is 0 Å². The van der Waals surface area contributed by atoms with Crippen LogP contribution in [0.5, 0.6) is 0 Å². The van der Waals surface area contributed by atoms with Crippen LogP contribution in [0, 0.1) is 6.92 Å². The molecule has 0 heterocycles. The first-order valence-corrected chi connectivity index (χ1v) is 10.7. The summed E-state index contributed by atoms with van der Waals surface area (Å²) in [5, 5.41) is 3.14. The molecule has 0 nitrogen and oxygen atoms in total. The van der Waals surface area contributed by atoms with Gasteiger partial charge < -0.3 is 0 Å². The zero-order valence-corrected chi connectivity index (χ0v) is 17.3. The minimum absolute atomic E-state index is 1.23. The minimum atomic E-state index is 1.23. The van der Waals surface area contributed by atoms with Crippen LogP contribution in [0.25, 0.3) is 10.8 Å². The lowest BCUT2D eigenvalue weighted by Crippen LogP contribution is -2.08. The molecule has 2 rings (SSSR count). The van der Waals surface area contributed by atoms with Crippen molar-refractivity contribution in [3.8, 4) is 0 Å². The van der Waals surface area contributed by atoms with Gasteiger partial charge in [0.05, 0.1) is 0 Å². The first-order valence-electron chi connectivity index (χ1n) is 10.7. The Bertz CT molecular complexity index is 678. The van der Waals surface area contributed by atoms with Crippen LogP contribution in [0.15, 0.2) is 18.2 Å². The van der Waals surface area contributed by atoms with E-state index in [1.807, 2.05) is 0 Å². The topological polar surface area (TPSA) is 0 Å². The van der Waals surface area contributed by atoms with Gasteiger partial charge in [0.25, 0.3) is 0 Å². The highest BCUT2D eigenvalue weighted by atomic mass is 14.2. The molecule has 2 aromatic carbocycles. The lowest BCUT2D eigenvalue weighted by Gasteiger charge is -2.24. The van der Waals surface area contributed by atoms with Crippen molar-refractivity contribution in [1.29, 1.82) is 0 Å². The van der Waals surface area contributed by atoms with Crippen molar-refractivity contribution < 1.29 is 0 Å². The summed E-state index contributed by atoms with van der Waals surface area (Å²) < 4.78 is 0. The predicted molar refractivity (Wildman–Crippen MR) is 114 cm³/mol. The molecule has 0 bridgehead atoms. The predicted octanol–water partition coefficient (Wildman–Crippen LogP) is 7.74. The van der Waals surface area contributed by atoms with Crippen molar-refractivity contribution in [1.82, 2.24) is 0 Å². The average molecular weight is 339 g/mol. The third-order valence-corrected chi connectivity index (χ3v) is 5.55. The molecule has 138 valence electrons. The van der Waals surface area contributed by atoms with E-state index in [2.05, 4.69) is 52.8 Å². The fraction of sp³-hybridized carbons (Fsp3) is 0.600. The normalized spacial score (nSPS) is 11.4. The van der Waals surface area contributed by atoms with E-state index in [1.165, 1.54) is 69.8 Å². The van der Waals surface area contributed by atoms with Crippen LogP contribution in [-0.2, 0) is 25.7 Å². The van der Waals surface area contributed by atoms with Gasteiger partial charge in [-0.25, -0.2) is 0 Å². The molecule has 0 heteroatoms. The highest BCUT2D eigenvalue weighted by Crippen LogP contribution is 2.36. The summed E-state index contributed by atoms with van der Waals surface area (Å²) in [5.41, 5.74) is 8.25. The Kier molecular flexibility index (Phi) is 8.00. The van der Waals surface area contributed by atoms with E-state index < -0.39 is 0 Å². The minimum Gasteiger partial charge on any atom is -0.0654 e. The summed E-state index contributed by atoms with van der Waals surface area (Å²) >= 11 is 0. The summed E-state index contributed by atoms with van der Waals surface area (Å²) in [6, 6.07) is 6.98. The van der Waals surface area contributed by atoms with Crippen molar-refractivity contribution in [2.24, 2.45) is 0 Å². The highest BCUT2D eigenvalue weighted by molar-refractivity contribution is 5.93. The molecule has 0 saturated heterocycles. The third kappa shape index (κ3) is 4.46. The number of rotatable bonds is 10. The van der Waals surface area contributed by atoms with Gasteiger partial charge in [0, 0.05) is 0 Å².